The lowest BCUT2D eigenvalue weighted by molar-refractivity contribution is -0.905. The van der Waals surface area contributed by atoms with Crippen LogP contribution in [-0.2, 0) is 0 Å². The highest BCUT2D eigenvalue weighted by atomic mass is 16.2. The monoisotopic (exact) mass is 618 g/mol. The molecule has 2 heterocycles. The van der Waals surface area contributed by atoms with Crippen molar-refractivity contribution in [2.24, 2.45) is 0 Å². The number of likely N-dealkylation sites (N-methyl/N-ethyl adjacent to an activating group) is 2. The van der Waals surface area contributed by atoms with Gasteiger partial charge in [0.25, 0.3) is 23.6 Å². The second-order valence-electron chi connectivity index (χ2n) is 13.6. The number of amides is 4. The molecule has 0 radical (unpaired) electrons. The topological polar surface area (TPSA) is 74.8 Å². The Morgan fingerprint density at radius 2 is 0.696 bits per heavy atom. The maximum atomic E-state index is 13.9. The lowest BCUT2D eigenvalue weighted by Gasteiger charge is -2.35. The van der Waals surface area contributed by atoms with Gasteiger partial charge in [0.05, 0.1) is 66.5 Å². The van der Waals surface area contributed by atoms with Gasteiger partial charge in [-0.15, -0.1) is 0 Å². The van der Waals surface area contributed by atoms with Gasteiger partial charge in [-0.25, -0.2) is 0 Å². The van der Waals surface area contributed by atoms with Gasteiger partial charge in [0.15, 0.2) is 0 Å². The van der Waals surface area contributed by atoms with Crippen molar-refractivity contribution in [3.63, 3.8) is 0 Å². The molecule has 0 bridgehead atoms. The molecule has 8 heteroatoms. The molecule has 2 aliphatic rings. The Bertz CT molecular complexity index is 1850. The van der Waals surface area contributed by atoms with Crippen LogP contribution < -0.4 is 0 Å². The summed E-state index contributed by atoms with van der Waals surface area (Å²) in [6.45, 7) is 14.3. The van der Waals surface area contributed by atoms with Crippen LogP contribution in [0.4, 0.5) is 0 Å². The zero-order valence-electron chi connectivity index (χ0n) is 27.7. The molecule has 0 saturated carbocycles. The molecule has 4 amide bonds. The summed E-state index contributed by atoms with van der Waals surface area (Å²) in [5.74, 6) is -1.03. The molecule has 236 valence electrons. The lowest BCUT2D eigenvalue weighted by atomic mass is 9.82. The fraction of sp³-hybridized carbons (Fsp3) is 0.368. The van der Waals surface area contributed by atoms with E-state index >= 15 is 0 Å². The van der Waals surface area contributed by atoms with Gasteiger partial charge in [0, 0.05) is 33.0 Å². The third-order valence-electron chi connectivity index (χ3n) is 11.6. The van der Waals surface area contributed by atoms with Crippen molar-refractivity contribution in [3.8, 4) is 0 Å². The Morgan fingerprint density at radius 1 is 0.435 bits per heavy atom. The molecule has 0 unspecified atom stereocenters. The van der Waals surface area contributed by atoms with Crippen LogP contribution in [0.25, 0.3) is 43.1 Å². The molecule has 5 aromatic rings. The molecule has 0 fully saturated rings. The number of fused-ring (bicyclic) bond motifs is 2. The van der Waals surface area contributed by atoms with Crippen molar-refractivity contribution in [1.82, 2.24) is 9.80 Å². The summed E-state index contributed by atoms with van der Waals surface area (Å²) in [6.07, 6.45) is 0. The normalized spacial score (nSPS) is 15.5. The Morgan fingerprint density at radius 3 is 0.935 bits per heavy atom. The third kappa shape index (κ3) is 4.12. The number of hydrogen-bond acceptors (Lipinski definition) is 4. The minimum atomic E-state index is -0.256. The number of carbonyl (C=O) groups is 4. The average Bonchev–Trinajstić information content (AvgIpc) is 3.08. The van der Waals surface area contributed by atoms with Crippen molar-refractivity contribution in [1.29, 1.82) is 0 Å². The predicted molar refractivity (Wildman–Crippen MR) is 183 cm³/mol. The van der Waals surface area contributed by atoms with Gasteiger partial charge in [-0.2, -0.15) is 0 Å². The zero-order valence-corrected chi connectivity index (χ0v) is 27.7. The summed E-state index contributed by atoms with van der Waals surface area (Å²) in [7, 11) is 4.30. The molecule has 0 spiro atoms. The number of rotatable bonds is 10. The van der Waals surface area contributed by atoms with E-state index in [-0.39, 0.29) is 23.6 Å². The summed E-state index contributed by atoms with van der Waals surface area (Å²) < 4.78 is 1.56. The van der Waals surface area contributed by atoms with Gasteiger partial charge in [-0.1, -0.05) is 24.3 Å². The van der Waals surface area contributed by atoms with E-state index < -0.39 is 0 Å². The van der Waals surface area contributed by atoms with E-state index in [9.17, 15) is 19.2 Å². The molecule has 0 aliphatic carbocycles. The molecule has 0 atom stereocenters. The summed E-state index contributed by atoms with van der Waals surface area (Å²) >= 11 is 0. The Balaban J connectivity index is 1.38. The van der Waals surface area contributed by atoms with E-state index in [4.69, 9.17) is 0 Å². The van der Waals surface area contributed by atoms with Crippen LogP contribution in [0.3, 0.4) is 0 Å². The molecule has 5 aromatic carbocycles. The Labute approximate surface area is 269 Å². The van der Waals surface area contributed by atoms with Gasteiger partial charge in [0.1, 0.15) is 0 Å². The van der Waals surface area contributed by atoms with E-state index in [1.807, 2.05) is 48.5 Å². The maximum Gasteiger partial charge on any atom is 0.261 e. The number of hydrogen-bond donors (Lipinski definition) is 0. The molecule has 7 rings (SSSR count). The molecule has 8 nitrogen and oxygen atoms in total. The molecular weight excluding hydrogens is 576 g/mol. The van der Waals surface area contributed by atoms with E-state index in [1.54, 1.807) is 0 Å². The standard InChI is InChI=1S/C38H42N4O4/c1-7-41(5,8-2)21-19-39-35(43)27-15-11-23-25-13-17-29-34-30(38(46)40(37(29)45)20-22-42(6,9-3)10-4)18-14-26(32(25)34)24-12-16-28(36(39)44)33(27)31(23)24/h11-18H,7-10,19-22H2,1-6H3/q+2. The number of nitrogens with zero attached hydrogens (tertiary/aromatic N) is 4. The first-order valence-electron chi connectivity index (χ1n) is 16.6. The third-order valence-corrected chi connectivity index (χ3v) is 11.6. The van der Waals surface area contributed by atoms with E-state index in [0.717, 1.165) is 67.5 Å². The summed E-state index contributed by atoms with van der Waals surface area (Å²) in [5, 5.41) is 6.75. The van der Waals surface area contributed by atoms with Crippen LogP contribution in [0.2, 0.25) is 0 Å². The second kappa shape index (κ2) is 10.6. The van der Waals surface area contributed by atoms with Crippen molar-refractivity contribution in [2.75, 3.05) is 66.5 Å². The van der Waals surface area contributed by atoms with E-state index in [0.29, 0.717) is 59.2 Å². The maximum absolute atomic E-state index is 13.9. The van der Waals surface area contributed by atoms with Crippen molar-refractivity contribution in [2.45, 2.75) is 27.7 Å². The van der Waals surface area contributed by atoms with Gasteiger partial charge in [-0.3, -0.25) is 29.0 Å². The Kier molecular flexibility index (Phi) is 6.96. The number of imide groups is 2. The highest BCUT2D eigenvalue weighted by molar-refractivity contribution is 6.41. The molecule has 0 saturated heterocycles. The quantitative estimate of drug-likeness (QED) is 0.0846. The van der Waals surface area contributed by atoms with Crippen molar-refractivity contribution >= 4 is 66.7 Å². The molecule has 2 aliphatic heterocycles. The first-order valence-corrected chi connectivity index (χ1v) is 16.6. The molecular formula is C38H42N4O4+2. The predicted octanol–water partition coefficient (Wildman–Crippen LogP) is 5.90. The van der Waals surface area contributed by atoms with Crippen LogP contribution >= 0.6 is 0 Å². The van der Waals surface area contributed by atoms with Crippen LogP contribution in [0.1, 0.15) is 69.1 Å². The van der Waals surface area contributed by atoms with Crippen LogP contribution in [0.15, 0.2) is 48.5 Å². The van der Waals surface area contributed by atoms with Gasteiger partial charge < -0.3 is 8.97 Å². The molecule has 46 heavy (non-hydrogen) atoms. The average molecular weight is 619 g/mol. The number of carbonyl (C=O) groups excluding carboxylic acids is 4. The summed E-state index contributed by atoms with van der Waals surface area (Å²) in [5.41, 5.74) is 2.16. The summed E-state index contributed by atoms with van der Waals surface area (Å²) in [6, 6.07) is 15.2. The Hall–Kier alpha value is -4.40. The highest BCUT2D eigenvalue weighted by Crippen LogP contribution is 2.46. The van der Waals surface area contributed by atoms with E-state index in [2.05, 4.69) is 41.8 Å². The largest absolute Gasteiger partial charge is 0.325 e. The zero-order chi connectivity index (χ0) is 32.7. The lowest BCUT2D eigenvalue weighted by Crippen LogP contribution is -2.51. The summed E-state index contributed by atoms with van der Waals surface area (Å²) in [4.78, 5) is 58.4. The van der Waals surface area contributed by atoms with Crippen LogP contribution in [0.5, 0.6) is 0 Å². The minimum absolute atomic E-state index is 0.256. The fourth-order valence-corrected chi connectivity index (χ4v) is 7.54. The van der Waals surface area contributed by atoms with Gasteiger partial charge >= 0.3 is 0 Å². The van der Waals surface area contributed by atoms with Crippen LogP contribution in [-0.4, -0.2) is 109 Å². The van der Waals surface area contributed by atoms with Crippen LogP contribution in [0, 0.1) is 0 Å². The first-order chi connectivity index (χ1) is 22.0. The van der Waals surface area contributed by atoms with E-state index in [1.165, 1.54) is 9.80 Å². The number of quaternary nitrogens is 2. The SMILES string of the molecule is CC[N+](C)(CC)CCN1C(=O)c2ccc3c4ccc5c6c(ccc(c7ccc(c2c37)C1=O)c64)C(=O)N(CC[N+](C)(CC)CC)C5=O. The van der Waals surface area contributed by atoms with Crippen molar-refractivity contribution in [3.05, 3.63) is 70.8 Å². The van der Waals surface area contributed by atoms with Gasteiger partial charge in [0.2, 0.25) is 0 Å². The molecule has 0 N–H and O–H groups in total. The minimum Gasteiger partial charge on any atom is -0.325 e. The number of benzene rings is 5. The highest BCUT2D eigenvalue weighted by Gasteiger charge is 2.38. The first kappa shape index (κ1) is 30.3. The second-order valence-corrected chi connectivity index (χ2v) is 13.6. The molecule has 0 aromatic heterocycles. The van der Waals surface area contributed by atoms with Crippen molar-refractivity contribution < 1.29 is 28.1 Å². The smallest absolute Gasteiger partial charge is 0.261 e. The fourth-order valence-electron chi connectivity index (χ4n) is 7.54. The van der Waals surface area contributed by atoms with Gasteiger partial charge in [-0.05, 0) is 84.3 Å².